The van der Waals surface area contributed by atoms with Gasteiger partial charge in [0.15, 0.2) is 0 Å². The summed E-state index contributed by atoms with van der Waals surface area (Å²) in [5, 5.41) is 9.57. The number of nitrogens with zero attached hydrogens (tertiary/aromatic N) is 2. The van der Waals surface area contributed by atoms with Gasteiger partial charge in [-0.3, -0.25) is 4.99 Å². The van der Waals surface area contributed by atoms with Crippen LogP contribution in [-0.2, 0) is 0 Å². The Morgan fingerprint density at radius 2 is 1.70 bits per heavy atom. The molecular weight excluding hydrogens is 248 g/mol. The Kier molecular flexibility index (Phi) is 4.56. The second kappa shape index (κ2) is 6.57. The number of anilines is 1. The molecule has 2 aromatic rings. The average Bonchev–Trinajstić information content (AvgIpc) is 2.46. The average molecular weight is 266 g/mol. The van der Waals surface area contributed by atoms with Crippen molar-refractivity contribution in [1.82, 2.24) is 0 Å². The minimum absolute atomic E-state index is 0.187. The lowest BCUT2D eigenvalue weighted by Gasteiger charge is -2.11. The lowest BCUT2D eigenvalue weighted by molar-refractivity contribution is 0.477. The van der Waals surface area contributed by atoms with E-state index in [1.807, 2.05) is 32.3 Å². The molecule has 0 fully saturated rings. The molecular formula is C17H18N2O. The highest BCUT2D eigenvalue weighted by atomic mass is 16.3. The largest absolute Gasteiger partial charge is 0.506 e. The first kappa shape index (κ1) is 13.9. The molecule has 102 valence electrons. The van der Waals surface area contributed by atoms with E-state index in [-0.39, 0.29) is 5.75 Å². The van der Waals surface area contributed by atoms with E-state index in [4.69, 9.17) is 0 Å². The van der Waals surface area contributed by atoms with Gasteiger partial charge in [0.25, 0.3) is 0 Å². The van der Waals surface area contributed by atoms with Crippen molar-refractivity contribution in [3.8, 4) is 5.75 Å². The molecule has 0 bridgehead atoms. The summed E-state index contributed by atoms with van der Waals surface area (Å²) in [6.07, 6.45) is 5.51. The Bertz CT molecular complexity index is 613. The third-order valence-electron chi connectivity index (χ3n) is 2.88. The van der Waals surface area contributed by atoms with Gasteiger partial charge in [-0.25, -0.2) is 0 Å². The Balaban J connectivity index is 2.01. The van der Waals surface area contributed by atoms with Crippen LogP contribution in [0.1, 0.15) is 5.56 Å². The summed E-state index contributed by atoms with van der Waals surface area (Å²) in [7, 11) is 4.04. The summed E-state index contributed by atoms with van der Waals surface area (Å²) < 4.78 is 0. The Labute approximate surface area is 119 Å². The number of aromatic hydroxyl groups is 1. The van der Waals surface area contributed by atoms with E-state index in [0.29, 0.717) is 5.69 Å². The normalized spacial score (nSPS) is 11.3. The monoisotopic (exact) mass is 266 g/mol. The van der Waals surface area contributed by atoms with Crippen LogP contribution in [0.5, 0.6) is 5.75 Å². The van der Waals surface area contributed by atoms with Crippen LogP contribution in [-0.4, -0.2) is 25.4 Å². The summed E-state index contributed by atoms with van der Waals surface area (Å²) in [5.74, 6) is 0.187. The lowest BCUT2D eigenvalue weighted by atomic mass is 10.2. The SMILES string of the molecule is CN(C)c1ccc(/C=C/C=Nc2ccccc2O)cc1. The fraction of sp³-hybridized carbons (Fsp3) is 0.118. The molecule has 0 saturated heterocycles. The molecule has 0 atom stereocenters. The summed E-state index contributed by atoms with van der Waals surface area (Å²) in [6, 6.07) is 15.3. The van der Waals surface area contributed by atoms with E-state index in [9.17, 15) is 5.11 Å². The minimum atomic E-state index is 0.187. The molecule has 0 radical (unpaired) electrons. The fourth-order valence-electron chi connectivity index (χ4n) is 1.73. The van der Waals surface area contributed by atoms with Crippen molar-refractivity contribution in [2.24, 2.45) is 4.99 Å². The zero-order chi connectivity index (χ0) is 14.4. The smallest absolute Gasteiger partial charge is 0.141 e. The maximum atomic E-state index is 9.57. The van der Waals surface area contributed by atoms with Crippen LogP contribution in [0.2, 0.25) is 0 Å². The van der Waals surface area contributed by atoms with Gasteiger partial charge in [0.1, 0.15) is 11.4 Å². The summed E-state index contributed by atoms with van der Waals surface area (Å²) in [6.45, 7) is 0. The van der Waals surface area contributed by atoms with Gasteiger partial charge >= 0.3 is 0 Å². The molecule has 0 saturated carbocycles. The first-order chi connectivity index (χ1) is 9.66. The number of hydrogen-bond acceptors (Lipinski definition) is 3. The topological polar surface area (TPSA) is 35.8 Å². The molecule has 0 amide bonds. The predicted molar refractivity (Wildman–Crippen MR) is 86.1 cm³/mol. The minimum Gasteiger partial charge on any atom is -0.506 e. The highest BCUT2D eigenvalue weighted by Gasteiger charge is 1.94. The molecule has 0 unspecified atom stereocenters. The Morgan fingerprint density at radius 1 is 1.00 bits per heavy atom. The highest BCUT2D eigenvalue weighted by molar-refractivity contribution is 5.81. The molecule has 0 aliphatic heterocycles. The molecule has 0 heterocycles. The molecule has 0 aliphatic rings. The van der Waals surface area contributed by atoms with Crippen molar-refractivity contribution in [3.63, 3.8) is 0 Å². The van der Waals surface area contributed by atoms with E-state index in [1.165, 1.54) is 5.69 Å². The number of allylic oxidation sites excluding steroid dienone is 1. The number of phenolic OH excluding ortho intramolecular Hbond substituents is 1. The van der Waals surface area contributed by atoms with Crippen LogP contribution in [0.3, 0.4) is 0 Å². The molecule has 3 heteroatoms. The Morgan fingerprint density at radius 3 is 2.35 bits per heavy atom. The van der Waals surface area contributed by atoms with Crippen molar-refractivity contribution < 1.29 is 5.11 Å². The van der Waals surface area contributed by atoms with Gasteiger partial charge in [-0.2, -0.15) is 0 Å². The van der Waals surface area contributed by atoms with Crippen LogP contribution >= 0.6 is 0 Å². The van der Waals surface area contributed by atoms with Crippen molar-refractivity contribution in [2.45, 2.75) is 0 Å². The second-order valence-electron chi connectivity index (χ2n) is 4.61. The number of rotatable bonds is 4. The first-order valence-corrected chi connectivity index (χ1v) is 6.43. The van der Waals surface area contributed by atoms with Gasteiger partial charge in [-0.15, -0.1) is 0 Å². The maximum Gasteiger partial charge on any atom is 0.141 e. The summed E-state index contributed by atoms with van der Waals surface area (Å²) >= 11 is 0. The summed E-state index contributed by atoms with van der Waals surface area (Å²) in [4.78, 5) is 6.26. The van der Waals surface area contributed by atoms with E-state index in [2.05, 4.69) is 34.2 Å². The molecule has 3 nitrogen and oxygen atoms in total. The first-order valence-electron chi connectivity index (χ1n) is 6.43. The van der Waals surface area contributed by atoms with E-state index in [1.54, 1.807) is 24.4 Å². The zero-order valence-corrected chi connectivity index (χ0v) is 11.7. The molecule has 0 spiro atoms. The highest BCUT2D eigenvalue weighted by Crippen LogP contribution is 2.24. The van der Waals surface area contributed by atoms with E-state index < -0.39 is 0 Å². The van der Waals surface area contributed by atoms with Gasteiger partial charge in [0, 0.05) is 26.0 Å². The van der Waals surface area contributed by atoms with Gasteiger partial charge in [0.2, 0.25) is 0 Å². The van der Waals surface area contributed by atoms with E-state index in [0.717, 1.165) is 5.56 Å². The van der Waals surface area contributed by atoms with Crippen LogP contribution in [0.4, 0.5) is 11.4 Å². The number of aliphatic imine (C=N–C) groups is 1. The van der Waals surface area contributed by atoms with Crippen LogP contribution in [0.15, 0.2) is 59.6 Å². The number of hydrogen-bond donors (Lipinski definition) is 1. The quantitative estimate of drug-likeness (QED) is 0.853. The molecule has 1 N–H and O–H groups in total. The molecule has 2 aromatic carbocycles. The zero-order valence-electron chi connectivity index (χ0n) is 11.7. The van der Waals surface area contributed by atoms with Gasteiger partial charge in [-0.05, 0) is 35.9 Å². The molecule has 0 aromatic heterocycles. The number of para-hydroxylation sites is 2. The van der Waals surface area contributed by atoms with Crippen LogP contribution < -0.4 is 4.90 Å². The maximum absolute atomic E-state index is 9.57. The lowest BCUT2D eigenvalue weighted by Crippen LogP contribution is -2.07. The number of benzene rings is 2. The van der Waals surface area contributed by atoms with Crippen molar-refractivity contribution in [2.75, 3.05) is 19.0 Å². The van der Waals surface area contributed by atoms with Gasteiger partial charge in [0.05, 0.1) is 0 Å². The number of phenols is 1. The Hall–Kier alpha value is -2.55. The van der Waals surface area contributed by atoms with Crippen LogP contribution in [0, 0.1) is 0 Å². The van der Waals surface area contributed by atoms with Crippen LogP contribution in [0.25, 0.3) is 6.08 Å². The fourth-order valence-corrected chi connectivity index (χ4v) is 1.73. The summed E-state index contributed by atoms with van der Waals surface area (Å²) in [5.41, 5.74) is 2.85. The standard InChI is InChI=1S/C17H18N2O/c1-19(2)15-11-9-14(10-12-15)6-5-13-18-16-7-3-4-8-17(16)20/h3-13,20H,1-2H3/b6-5+,18-13?. The third kappa shape index (κ3) is 3.72. The second-order valence-corrected chi connectivity index (χ2v) is 4.61. The molecule has 2 rings (SSSR count). The molecule has 0 aliphatic carbocycles. The van der Waals surface area contributed by atoms with Gasteiger partial charge < -0.3 is 10.0 Å². The van der Waals surface area contributed by atoms with Crippen molar-refractivity contribution in [3.05, 3.63) is 60.2 Å². The molecule has 20 heavy (non-hydrogen) atoms. The van der Waals surface area contributed by atoms with Crippen molar-refractivity contribution in [1.29, 1.82) is 0 Å². The predicted octanol–water partition coefficient (Wildman–Crippen LogP) is 3.87. The van der Waals surface area contributed by atoms with Crippen molar-refractivity contribution >= 4 is 23.7 Å². The van der Waals surface area contributed by atoms with Gasteiger partial charge in [-0.1, -0.05) is 30.3 Å². The third-order valence-corrected chi connectivity index (χ3v) is 2.88. The van der Waals surface area contributed by atoms with E-state index >= 15 is 0 Å².